The van der Waals surface area contributed by atoms with Gasteiger partial charge in [0.1, 0.15) is 0 Å². The van der Waals surface area contributed by atoms with Crippen molar-refractivity contribution in [1.29, 1.82) is 0 Å². The first-order valence-corrected chi connectivity index (χ1v) is 22.1. The number of rotatable bonds is 4. The number of aromatic nitrogens is 2. The number of fused-ring (bicyclic) bond motifs is 9. The van der Waals surface area contributed by atoms with E-state index in [1.54, 1.807) is 5.56 Å². The second kappa shape index (κ2) is 13.2. The van der Waals surface area contributed by atoms with E-state index in [-0.39, 0.29) is 12.1 Å². The molecule has 4 heterocycles. The summed E-state index contributed by atoms with van der Waals surface area (Å²) in [7, 11) is 0. The Morgan fingerprint density at radius 2 is 1.32 bits per heavy atom. The minimum absolute atomic E-state index is 0.0122. The van der Waals surface area contributed by atoms with Crippen molar-refractivity contribution < 1.29 is 0 Å². The Morgan fingerprint density at radius 1 is 0.644 bits per heavy atom. The zero-order valence-electron chi connectivity index (χ0n) is 34.5. The van der Waals surface area contributed by atoms with Crippen molar-refractivity contribution in [2.24, 2.45) is 0 Å². The van der Waals surface area contributed by atoms with Gasteiger partial charge in [-0.05, 0) is 151 Å². The van der Waals surface area contributed by atoms with Gasteiger partial charge >= 0.3 is 0 Å². The summed E-state index contributed by atoms with van der Waals surface area (Å²) in [6.45, 7) is 7.15. The fourth-order valence-electron chi connectivity index (χ4n) is 11.3. The van der Waals surface area contributed by atoms with Gasteiger partial charge in [0.2, 0.25) is 0 Å². The molecule has 2 aromatic heterocycles. The van der Waals surface area contributed by atoms with Gasteiger partial charge in [0, 0.05) is 50.7 Å². The smallest absolute Gasteiger partial charge is 0.294 e. The van der Waals surface area contributed by atoms with E-state index < -0.39 is 0 Å². The van der Waals surface area contributed by atoms with E-state index in [4.69, 9.17) is 0 Å². The van der Waals surface area contributed by atoms with Crippen molar-refractivity contribution in [3.05, 3.63) is 161 Å². The fourth-order valence-corrected chi connectivity index (χ4v) is 11.3. The standard InChI is InChI=1S/C54H49BN4/c1-54(2,3)37-34-47-49-48(35-37)59(44-33-19-21-36-20-13-14-28-41(36)44)51-43-30-16-18-32-46(43)58(40-26-11-6-12-27-40)53(51)55(49)52-50(56(47)38-22-7-4-8-23-38)42-29-15-17-31-45(42)57(52)39-24-9-5-10-25-39/h4-9,11,13-14,19-24,26,28,33-35H,10,15-18,25,29-32H2,1-3H3. The van der Waals surface area contributed by atoms with Gasteiger partial charge < -0.3 is 18.9 Å². The Balaban J connectivity index is 1.31. The predicted octanol–water partition coefficient (Wildman–Crippen LogP) is 11.5. The molecule has 2 aliphatic heterocycles. The molecule has 0 saturated heterocycles. The third kappa shape index (κ3) is 5.11. The first kappa shape index (κ1) is 34.9. The van der Waals surface area contributed by atoms with Crippen LogP contribution in [0.5, 0.6) is 0 Å². The molecule has 4 nitrogen and oxygen atoms in total. The monoisotopic (exact) mass is 764 g/mol. The van der Waals surface area contributed by atoms with Crippen molar-refractivity contribution in [3.63, 3.8) is 0 Å². The number of anilines is 6. The molecule has 6 aliphatic rings. The van der Waals surface area contributed by atoms with E-state index in [2.05, 4.69) is 166 Å². The van der Waals surface area contributed by atoms with Crippen LogP contribution in [0.15, 0.2) is 133 Å². The Kier molecular flexibility index (Phi) is 7.80. The Morgan fingerprint density at radius 3 is 2.05 bits per heavy atom. The minimum atomic E-state index is -0.0842. The molecular weight excluding hydrogens is 715 g/mol. The maximum absolute atomic E-state index is 3.65. The average Bonchev–Trinajstić information content (AvgIpc) is 3.80. The van der Waals surface area contributed by atoms with E-state index in [1.165, 1.54) is 115 Å². The van der Waals surface area contributed by atoms with Crippen LogP contribution in [0, 0.1) is 0 Å². The van der Waals surface area contributed by atoms with Crippen LogP contribution in [0.4, 0.5) is 34.1 Å². The lowest BCUT2D eigenvalue weighted by Crippen LogP contribution is -2.64. The molecule has 0 amide bonds. The number of allylic oxidation sites excluding steroid dienone is 8. The van der Waals surface area contributed by atoms with Gasteiger partial charge in [0.25, 0.3) is 6.71 Å². The summed E-state index contributed by atoms with van der Waals surface area (Å²) in [5, 5.41) is 2.54. The Labute approximate surface area is 348 Å². The first-order chi connectivity index (χ1) is 29.0. The van der Waals surface area contributed by atoms with E-state index in [0.29, 0.717) is 0 Å². The highest BCUT2D eigenvalue weighted by Gasteiger charge is 2.52. The molecule has 288 valence electrons. The van der Waals surface area contributed by atoms with Gasteiger partial charge in [-0.3, -0.25) is 0 Å². The third-order valence-corrected chi connectivity index (χ3v) is 13.9. The molecule has 6 aromatic rings. The zero-order valence-corrected chi connectivity index (χ0v) is 34.5. The minimum Gasteiger partial charge on any atom is -0.327 e. The molecule has 0 atom stereocenters. The lowest BCUT2D eigenvalue weighted by atomic mass is 9.36. The first-order valence-electron chi connectivity index (χ1n) is 22.1. The quantitative estimate of drug-likeness (QED) is 0.131. The molecule has 59 heavy (non-hydrogen) atoms. The van der Waals surface area contributed by atoms with Crippen LogP contribution in [0.25, 0.3) is 22.2 Å². The van der Waals surface area contributed by atoms with E-state index in [9.17, 15) is 0 Å². The SMILES string of the molecule is CC(C)(C)c1cc2c3c(c1)N(c1cccc4ccccc14)c1c4c(n(C5=C=C=CC=C5)c1B3c1c(c3c(n1C1=CC=CCC1)CCCC3)N2c1ccccc1)CCCC4. The second-order valence-corrected chi connectivity index (χ2v) is 18.3. The highest BCUT2D eigenvalue weighted by molar-refractivity contribution is 7.00. The van der Waals surface area contributed by atoms with Gasteiger partial charge in [-0.15, -0.1) is 0 Å². The Bertz CT molecular complexity index is 2960. The summed E-state index contributed by atoms with van der Waals surface area (Å²) >= 11 is 0. The molecule has 12 rings (SSSR count). The lowest BCUT2D eigenvalue weighted by Gasteiger charge is -2.45. The summed E-state index contributed by atoms with van der Waals surface area (Å²) in [5.74, 6) is 0. The molecular formula is C54H49BN4. The van der Waals surface area contributed by atoms with Gasteiger partial charge in [0.15, 0.2) is 0 Å². The van der Waals surface area contributed by atoms with Crippen molar-refractivity contribution in [3.8, 4) is 0 Å². The molecule has 4 aliphatic carbocycles. The normalized spacial score (nSPS) is 17.4. The lowest BCUT2D eigenvalue weighted by molar-refractivity contribution is 0.590. The van der Waals surface area contributed by atoms with Crippen molar-refractivity contribution in [2.75, 3.05) is 9.80 Å². The highest BCUT2D eigenvalue weighted by atomic mass is 15.2. The molecule has 0 fully saturated rings. The van der Waals surface area contributed by atoms with Crippen molar-refractivity contribution in [2.45, 2.75) is 90.4 Å². The maximum Gasteiger partial charge on any atom is 0.294 e. The van der Waals surface area contributed by atoms with Gasteiger partial charge in [0.05, 0.1) is 22.8 Å². The number of nitrogens with zero attached hydrogens (tertiary/aromatic N) is 4. The summed E-state index contributed by atoms with van der Waals surface area (Å²) < 4.78 is 5.47. The van der Waals surface area contributed by atoms with Gasteiger partial charge in [-0.1, -0.05) is 99.3 Å². The van der Waals surface area contributed by atoms with Crippen molar-refractivity contribution in [1.82, 2.24) is 9.13 Å². The number of benzene rings is 4. The topological polar surface area (TPSA) is 16.3 Å². The van der Waals surface area contributed by atoms with E-state index in [1.807, 2.05) is 6.08 Å². The molecule has 0 saturated carbocycles. The van der Waals surface area contributed by atoms with Crippen LogP contribution in [0.1, 0.15) is 87.4 Å². The number of para-hydroxylation sites is 1. The molecule has 0 N–H and O–H groups in total. The van der Waals surface area contributed by atoms with Crippen molar-refractivity contribution >= 4 is 79.7 Å². The fraction of sp³-hybridized carbons (Fsp3) is 0.259. The van der Waals surface area contributed by atoms with E-state index in [0.717, 1.165) is 44.2 Å². The molecule has 5 heteroatoms. The van der Waals surface area contributed by atoms with Crippen LogP contribution in [-0.2, 0) is 31.1 Å². The summed E-state index contributed by atoms with van der Waals surface area (Å²) in [6, 6.07) is 32.3. The van der Waals surface area contributed by atoms with E-state index >= 15 is 0 Å². The highest BCUT2D eigenvalue weighted by Crippen LogP contribution is 2.52. The molecule has 0 unspecified atom stereocenters. The van der Waals surface area contributed by atoms with Crippen LogP contribution in [0.3, 0.4) is 0 Å². The average molecular weight is 765 g/mol. The maximum atomic E-state index is 3.65. The van der Waals surface area contributed by atoms with Crippen LogP contribution >= 0.6 is 0 Å². The largest absolute Gasteiger partial charge is 0.327 e. The third-order valence-electron chi connectivity index (χ3n) is 13.9. The van der Waals surface area contributed by atoms with Crippen LogP contribution in [-0.4, -0.2) is 15.8 Å². The zero-order chi connectivity index (χ0) is 39.4. The van der Waals surface area contributed by atoms with Crippen LogP contribution < -0.4 is 26.4 Å². The summed E-state index contributed by atoms with van der Waals surface area (Å²) in [6.07, 6.45) is 24.7. The van der Waals surface area contributed by atoms with Crippen LogP contribution in [0.2, 0.25) is 0 Å². The number of hydrogen-bond donors (Lipinski definition) is 0. The predicted molar refractivity (Wildman–Crippen MR) is 249 cm³/mol. The molecule has 4 aromatic carbocycles. The number of hydrogen-bond acceptors (Lipinski definition) is 2. The second-order valence-electron chi connectivity index (χ2n) is 18.3. The molecule has 0 bridgehead atoms. The molecule has 0 spiro atoms. The Hall–Kier alpha value is -6.12. The summed E-state index contributed by atoms with van der Waals surface area (Å²) in [5.41, 5.74) is 29.0. The summed E-state index contributed by atoms with van der Waals surface area (Å²) in [4.78, 5) is 5.42. The van der Waals surface area contributed by atoms with Gasteiger partial charge in [-0.2, -0.15) is 0 Å². The molecule has 0 radical (unpaired) electrons. The van der Waals surface area contributed by atoms with Gasteiger partial charge in [-0.25, -0.2) is 0 Å².